The third kappa shape index (κ3) is 12.1. The van der Waals surface area contributed by atoms with Gasteiger partial charge < -0.3 is 38.1 Å². The second-order valence-electron chi connectivity index (χ2n) is 16.9. The Morgan fingerprint density at radius 3 is 2.01 bits per heavy atom. The molecule has 5 aromatic carbocycles. The lowest BCUT2D eigenvalue weighted by molar-refractivity contribution is -0.254. The van der Waals surface area contributed by atoms with Crippen molar-refractivity contribution in [1.82, 2.24) is 0 Å². The number of β-lactam (4-membered cyclic amide) rings is 1. The van der Waals surface area contributed by atoms with E-state index >= 15 is 0 Å². The lowest BCUT2D eigenvalue weighted by Crippen LogP contribution is -2.59. The molecule has 362 valence electrons. The molecule has 0 spiro atoms. The largest absolute Gasteiger partial charge is 0.489 e. The van der Waals surface area contributed by atoms with Crippen molar-refractivity contribution >= 4 is 41.4 Å². The Hall–Kier alpha value is -7.83. The summed E-state index contributed by atoms with van der Waals surface area (Å²) in [6.45, 7) is 5.78. The van der Waals surface area contributed by atoms with E-state index in [4.69, 9.17) is 39.6 Å². The number of rotatable bonds is 17. The molecule has 8 atom stereocenters. The van der Waals surface area contributed by atoms with Gasteiger partial charge in [-0.25, -0.2) is 4.39 Å². The van der Waals surface area contributed by atoms with E-state index < -0.39 is 84.2 Å². The summed E-state index contributed by atoms with van der Waals surface area (Å²) in [5.74, 6) is -1.53. The van der Waals surface area contributed by atoms with Gasteiger partial charge in [0.15, 0.2) is 18.3 Å². The summed E-state index contributed by atoms with van der Waals surface area (Å²) in [5, 5.41) is 0. The number of hydrogen-bond donors (Lipinski definition) is 0. The SMILES string of the molecule is C#Cc1ccc(N2C(=O)[C@H](CC[C@H](OC(C)=O)c3ccc(F)cc3)[C@H]2c2ccc(-c3cccc([C@@H]4O[C@H](COC(C)=O)[C@@H](OC(C)=O)[C@H](OC(C)=O)[C@H]4OC(C)=O)c3)cc2OCc2ccccc2)cc1. The first-order valence-corrected chi connectivity index (χ1v) is 22.6. The van der Waals surface area contributed by atoms with Crippen molar-refractivity contribution in [2.24, 2.45) is 5.92 Å². The van der Waals surface area contributed by atoms with E-state index in [2.05, 4.69) is 5.92 Å². The number of carbonyl (C=O) groups is 6. The van der Waals surface area contributed by atoms with Crippen LogP contribution in [-0.2, 0) is 63.8 Å². The topological polar surface area (TPSA) is 170 Å². The highest BCUT2D eigenvalue weighted by Crippen LogP contribution is 2.50. The van der Waals surface area contributed by atoms with E-state index in [1.807, 2.05) is 54.6 Å². The molecule has 0 radical (unpaired) electrons. The van der Waals surface area contributed by atoms with Crippen molar-refractivity contribution in [2.75, 3.05) is 11.5 Å². The molecule has 14 nitrogen and oxygen atoms in total. The molecule has 5 aromatic rings. The highest BCUT2D eigenvalue weighted by Gasteiger charge is 2.53. The van der Waals surface area contributed by atoms with Gasteiger partial charge in [-0.1, -0.05) is 78.7 Å². The first kappa shape index (κ1) is 50.1. The third-order valence-corrected chi connectivity index (χ3v) is 11.9. The quantitative estimate of drug-likeness (QED) is 0.0376. The Balaban J connectivity index is 1.30. The fraction of sp³-hybridized carbons (Fsp3) is 0.309. The number of amides is 1. The molecule has 1 amide bonds. The monoisotopic (exact) mass is 953 g/mol. The average molecular weight is 954 g/mol. The number of hydrogen-bond acceptors (Lipinski definition) is 13. The zero-order chi connectivity index (χ0) is 50.1. The van der Waals surface area contributed by atoms with Gasteiger partial charge in [-0.3, -0.25) is 28.8 Å². The molecule has 2 fully saturated rings. The van der Waals surface area contributed by atoms with E-state index in [1.165, 1.54) is 32.9 Å². The van der Waals surface area contributed by atoms with Crippen molar-refractivity contribution in [1.29, 1.82) is 0 Å². The summed E-state index contributed by atoms with van der Waals surface area (Å²) < 4.78 is 55.2. The standard InChI is InChI=1S/C55H52FNO13/c1-7-37-16-23-44(24-17-37)57-50(46(55(57)63)26-27-47(66-33(3)59)39-18-21-43(56)22-19-39)45-25-20-41(29-48(45)65-30-38-12-9-8-10-13-38)40-14-11-15-42(28-40)51-53(68-35(5)61)54(69-36(6)62)52(67-34(4)60)49(70-51)31-64-32(2)58/h1,8-25,28-29,46-47,49-54H,26-27,30-31H2,2-6H3/t46-,47+,49-,50-,51+,52-,53+,54+/m1/s1. The van der Waals surface area contributed by atoms with Crippen LogP contribution in [0.15, 0.2) is 121 Å². The molecule has 0 aromatic heterocycles. The van der Waals surface area contributed by atoms with Gasteiger partial charge in [-0.15, -0.1) is 6.42 Å². The summed E-state index contributed by atoms with van der Waals surface area (Å²) in [6, 6.07) is 34.6. The first-order valence-electron chi connectivity index (χ1n) is 22.6. The molecule has 70 heavy (non-hydrogen) atoms. The van der Waals surface area contributed by atoms with E-state index in [-0.39, 0.29) is 32.0 Å². The molecule has 0 unspecified atom stereocenters. The van der Waals surface area contributed by atoms with Gasteiger partial charge in [0.1, 0.15) is 43.1 Å². The molecule has 7 rings (SSSR count). The molecule has 2 heterocycles. The maximum absolute atomic E-state index is 14.4. The van der Waals surface area contributed by atoms with Gasteiger partial charge in [-0.05, 0) is 89.2 Å². The maximum Gasteiger partial charge on any atom is 0.303 e. The molecule has 0 N–H and O–H groups in total. The maximum atomic E-state index is 14.4. The number of esters is 5. The number of nitrogens with zero attached hydrogens (tertiary/aromatic N) is 1. The Morgan fingerprint density at radius 2 is 1.37 bits per heavy atom. The van der Waals surface area contributed by atoms with Gasteiger partial charge in [0, 0.05) is 51.4 Å². The predicted molar refractivity (Wildman–Crippen MR) is 252 cm³/mol. The van der Waals surface area contributed by atoms with E-state index in [9.17, 15) is 33.2 Å². The minimum absolute atomic E-state index is 0.170. The molecule has 2 aliphatic rings. The molecule has 15 heteroatoms. The Kier molecular flexibility index (Phi) is 16.1. The predicted octanol–water partition coefficient (Wildman–Crippen LogP) is 8.64. The van der Waals surface area contributed by atoms with Crippen molar-refractivity contribution in [3.8, 4) is 29.2 Å². The lowest BCUT2D eigenvalue weighted by atomic mass is 9.77. The van der Waals surface area contributed by atoms with Crippen LogP contribution in [0.3, 0.4) is 0 Å². The highest BCUT2D eigenvalue weighted by molar-refractivity contribution is 6.03. The van der Waals surface area contributed by atoms with Crippen LogP contribution in [0.25, 0.3) is 11.1 Å². The molecule has 0 aliphatic carbocycles. The third-order valence-electron chi connectivity index (χ3n) is 11.9. The van der Waals surface area contributed by atoms with Crippen LogP contribution in [-0.4, -0.2) is 66.8 Å². The zero-order valence-electron chi connectivity index (χ0n) is 39.2. The van der Waals surface area contributed by atoms with Crippen LogP contribution in [0.5, 0.6) is 5.75 Å². The van der Waals surface area contributed by atoms with Crippen molar-refractivity contribution in [3.63, 3.8) is 0 Å². The molecular formula is C55H52FNO13. The molecular weight excluding hydrogens is 902 g/mol. The number of ether oxygens (including phenoxy) is 7. The van der Waals surface area contributed by atoms with Crippen molar-refractivity contribution in [3.05, 3.63) is 155 Å². The normalized spacial score (nSPS) is 21.0. The van der Waals surface area contributed by atoms with E-state index in [1.54, 1.807) is 59.5 Å². The lowest BCUT2D eigenvalue weighted by Gasteiger charge is -2.48. The smallest absolute Gasteiger partial charge is 0.303 e. The molecule has 2 aliphatic heterocycles. The first-order chi connectivity index (χ1) is 33.6. The van der Waals surface area contributed by atoms with Crippen LogP contribution in [0.4, 0.5) is 10.1 Å². The van der Waals surface area contributed by atoms with Gasteiger partial charge in [-0.2, -0.15) is 0 Å². The summed E-state index contributed by atoms with van der Waals surface area (Å²) in [4.78, 5) is 77.9. The number of terminal acetylenes is 1. The minimum atomic E-state index is -1.37. The number of benzene rings is 5. The van der Waals surface area contributed by atoms with Crippen LogP contribution < -0.4 is 9.64 Å². The van der Waals surface area contributed by atoms with Crippen LogP contribution >= 0.6 is 0 Å². The number of halogens is 1. The summed E-state index contributed by atoms with van der Waals surface area (Å²) in [5.41, 5.74) is 5.21. The fourth-order valence-electron chi connectivity index (χ4n) is 8.90. The van der Waals surface area contributed by atoms with Crippen molar-refractivity contribution < 1.29 is 66.3 Å². The van der Waals surface area contributed by atoms with Gasteiger partial charge in [0.2, 0.25) is 5.91 Å². The number of carbonyl (C=O) groups excluding carboxylic acids is 6. The molecule has 0 saturated carbocycles. The van der Waals surface area contributed by atoms with E-state index in [0.29, 0.717) is 44.8 Å². The second-order valence-corrected chi connectivity index (χ2v) is 16.9. The Morgan fingerprint density at radius 1 is 0.714 bits per heavy atom. The number of anilines is 1. The van der Waals surface area contributed by atoms with Crippen LogP contribution in [0.1, 0.15) is 93.5 Å². The van der Waals surface area contributed by atoms with Crippen LogP contribution in [0, 0.1) is 24.1 Å². The fourth-order valence-corrected chi connectivity index (χ4v) is 8.90. The molecule has 0 bridgehead atoms. The van der Waals surface area contributed by atoms with Crippen LogP contribution in [0.2, 0.25) is 0 Å². The Bertz CT molecular complexity index is 2750. The summed E-state index contributed by atoms with van der Waals surface area (Å²) in [7, 11) is 0. The highest BCUT2D eigenvalue weighted by atomic mass is 19.1. The molecule has 2 saturated heterocycles. The minimum Gasteiger partial charge on any atom is -0.489 e. The zero-order valence-corrected chi connectivity index (χ0v) is 39.2. The summed E-state index contributed by atoms with van der Waals surface area (Å²) >= 11 is 0. The van der Waals surface area contributed by atoms with Gasteiger partial charge in [0.05, 0.1) is 12.0 Å². The Labute approximate surface area is 404 Å². The summed E-state index contributed by atoms with van der Waals surface area (Å²) in [6.07, 6.45) is -0.819. The van der Waals surface area contributed by atoms with Gasteiger partial charge in [0.25, 0.3) is 0 Å². The second kappa shape index (κ2) is 22.5. The average Bonchev–Trinajstić information content (AvgIpc) is 3.33. The van der Waals surface area contributed by atoms with Crippen molar-refractivity contribution in [2.45, 2.75) is 96.7 Å². The van der Waals surface area contributed by atoms with E-state index in [0.717, 1.165) is 19.4 Å². The van der Waals surface area contributed by atoms with Gasteiger partial charge >= 0.3 is 29.8 Å².